The van der Waals surface area contributed by atoms with Crippen LogP contribution in [0.3, 0.4) is 0 Å². The molecular formula is C19H25ClN4O4S2. The fourth-order valence-electron chi connectivity index (χ4n) is 2.64. The van der Waals surface area contributed by atoms with Crippen molar-refractivity contribution in [3.05, 3.63) is 32.9 Å². The van der Waals surface area contributed by atoms with Gasteiger partial charge in [0.1, 0.15) is 9.88 Å². The number of ether oxygens (including phenoxy) is 2. The highest BCUT2D eigenvalue weighted by molar-refractivity contribution is 7.80. The highest BCUT2D eigenvalue weighted by Gasteiger charge is 2.26. The predicted octanol–water partition coefficient (Wildman–Crippen LogP) is 3.94. The van der Waals surface area contributed by atoms with Crippen molar-refractivity contribution in [2.75, 3.05) is 25.1 Å². The van der Waals surface area contributed by atoms with Crippen LogP contribution in [0.2, 0.25) is 5.02 Å². The fourth-order valence-corrected chi connectivity index (χ4v) is 4.15. The lowest BCUT2D eigenvalue weighted by molar-refractivity contribution is 0.0527. The molecule has 0 saturated heterocycles. The summed E-state index contributed by atoms with van der Waals surface area (Å²) in [4.78, 5) is 25.0. The molecule has 0 amide bonds. The summed E-state index contributed by atoms with van der Waals surface area (Å²) in [5, 5.41) is 11.8. The lowest BCUT2D eigenvalue weighted by Gasteiger charge is -2.11. The van der Waals surface area contributed by atoms with E-state index in [4.69, 9.17) is 33.3 Å². The number of esters is 2. The van der Waals surface area contributed by atoms with Crippen molar-refractivity contribution in [1.82, 2.24) is 15.1 Å². The van der Waals surface area contributed by atoms with Crippen molar-refractivity contribution in [3.63, 3.8) is 0 Å². The maximum absolute atomic E-state index is 12.4. The molecule has 2 N–H and O–H groups in total. The Balaban J connectivity index is 2.02. The van der Waals surface area contributed by atoms with E-state index >= 15 is 0 Å². The Bertz CT molecular complexity index is 907. The molecule has 2 aromatic rings. The Labute approximate surface area is 189 Å². The Morgan fingerprint density at radius 1 is 1.23 bits per heavy atom. The zero-order valence-electron chi connectivity index (χ0n) is 17.3. The minimum absolute atomic E-state index is 0.224. The molecule has 2 heterocycles. The lowest BCUT2D eigenvalue weighted by Crippen LogP contribution is -2.30. The number of carbonyl (C=O) groups is 2. The summed E-state index contributed by atoms with van der Waals surface area (Å²) in [5.74, 6) is -0.997. The molecule has 0 bridgehead atoms. The lowest BCUT2D eigenvalue weighted by atomic mass is 10.1. The average molecular weight is 473 g/mol. The largest absolute Gasteiger partial charge is 0.462 e. The van der Waals surface area contributed by atoms with Gasteiger partial charge in [0.2, 0.25) is 0 Å². The number of carbonyl (C=O) groups excluding carboxylic acids is 2. The number of nitrogens with one attached hydrogen (secondary N) is 2. The molecule has 0 fully saturated rings. The number of rotatable bonds is 9. The molecule has 0 aliphatic heterocycles. The number of aromatic nitrogens is 2. The predicted molar refractivity (Wildman–Crippen MR) is 122 cm³/mol. The van der Waals surface area contributed by atoms with E-state index in [-0.39, 0.29) is 18.8 Å². The van der Waals surface area contributed by atoms with Gasteiger partial charge in [-0.2, -0.15) is 5.10 Å². The molecule has 0 saturated carbocycles. The number of anilines is 1. The highest BCUT2D eigenvalue weighted by atomic mass is 35.5. The molecule has 11 heteroatoms. The van der Waals surface area contributed by atoms with Gasteiger partial charge in [0, 0.05) is 19.3 Å². The topological polar surface area (TPSA) is 94.5 Å². The van der Waals surface area contributed by atoms with Crippen molar-refractivity contribution >= 4 is 57.2 Å². The van der Waals surface area contributed by atoms with Gasteiger partial charge in [-0.25, -0.2) is 9.59 Å². The normalized spacial score (nSPS) is 10.6. The smallest absolute Gasteiger partial charge is 0.348 e. The van der Waals surface area contributed by atoms with Gasteiger partial charge >= 0.3 is 11.9 Å². The standard InChI is InChI=1S/C19H25ClN4O4S2/c1-5-27-17(25)14-11(3)15(18(26)28-6-2)30-16(14)22-19(29)21-8-7-9-24-10-13(20)12(4)23-24/h10H,5-9H2,1-4H3,(H2,21,22,29). The van der Waals surface area contributed by atoms with Crippen molar-refractivity contribution in [2.24, 2.45) is 0 Å². The van der Waals surface area contributed by atoms with Crippen LogP contribution in [-0.2, 0) is 16.0 Å². The summed E-state index contributed by atoms with van der Waals surface area (Å²) in [6.07, 6.45) is 2.55. The molecule has 30 heavy (non-hydrogen) atoms. The van der Waals surface area contributed by atoms with E-state index < -0.39 is 11.9 Å². The van der Waals surface area contributed by atoms with Crippen molar-refractivity contribution in [2.45, 2.75) is 40.7 Å². The van der Waals surface area contributed by atoms with Crippen LogP contribution in [-0.4, -0.2) is 46.6 Å². The van der Waals surface area contributed by atoms with Gasteiger partial charge in [0.15, 0.2) is 5.11 Å². The minimum Gasteiger partial charge on any atom is -0.462 e. The number of aryl methyl sites for hydroxylation is 2. The molecule has 0 atom stereocenters. The molecule has 164 valence electrons. The zero-order chi connectivity index (χ0) is 22.3. The molecule has 0 aliphatic rings. The number of thiocarbonyl (C=S) groups is 1. The first kappa shape index (κ1) is 24.1. The molecule has 0 aliphatic carbocycles. The van der Waals surface area contributed by atoms with Crippen LogP contribution >= 0.6 is 35.2 Å². The third-order valence-electron chi connectivity index (χ3n) is 4.05. The molecular weight excluding hydrogens is 448 g/mol. The summed E-state index contributed by atoms with van der Waals surface area (Å²) in [7, 11) is 0. The van der Waals surface area contributed by atoms with E-state index in [9.17, 15) is 9.59 Å². The zero-order valence-corrected chi connectivity index (χ0v) is 19.7. The number of nitrogens with zero attached hydrogens (tertiary/aromatic N) is 2. The van der Waals surface area contributed by atoms with Crippen molar-refractivity contribution in [1.29, 1.82) is 0 Å². The minimum atomic E-state index is -0.516. The summed E-state index contributed by atoms with van der Waals surface area (Å²) in [6.45, 7) is 8.73. The molecule has 0 aromatic carbocycles. The summed E-state index contributed by atoms with van der Waals surface area (Å²) >= 11 is 12.5. The van der Waals surface area contributed by atoms with E-state index in [0.29, 0.717) is 38.7 Å². The summed E-state index contributed by atoms with van der Waals surface area (Å²) < 4.78 is 12.0. The third kappa shape index (κ3) is 6.16. The van der Waals surface area contributed by atoms with Crippen LogP contribution in [0.4, 0.5) is 5.00 Å². The average Bonchev–Trinajstić information content (AvgIpc) is 3.18. The van der Waals surface area contributed by atoms with Gasteiger partial charge in [0.05, 0.1) is 29.5 Å². The van der Waals surface area contributed by atoms with Crippen molar-refractivity contribution < 1.29 is 19.1 Å². The first-order valence-corrected chi connectivity index (χ1v) is 11.1. The maximum Gasteiger partial charge on any atom is 0.348 e. The van der Waals surface area contributed by atoms with Gasteiger partial charge in [-0.3, -0.25) is 4.68 Å². The Morgan fingerprint density at radius 2 is 1.90 bits per heavy atom. The van der Waals surface area contributed by atoms with E-state index in [2.05, 4.69) is 15.7 Å². The van der Waals surface area contributed by atoms with Crippen LogP contribution < -0.4 is 10.6 Å². The SMILES string of the molecule is CCOC(=O)c1sc(NC(=S)NCCCn2cc(Cl)c(C)n2)c(C(=O)OCC)c1C. The molecule has 8 nitrogen and oxygen atoms in total. The van der Waals surface area contributed by atoms with Gasteiger partial charge in [-0.05, 0) is 51.9 Å². The van der Waals surface area contributed by atoms with Gasteiger partial charge in [-0.15, -0.1) is 11.3 Å². The third-order valence-corrected chi connectivity index (χ3v) is 5.85. The van der Waals surface area contributed by atoms with Crippen LogP contribution in [0.1, 0.15) is 51.6 Å². The summed E-state index contributed by atoms with van der Waals surface area (Å²) in [5.41, 5.74) is 1.59. The number of hydrogen-bond donors (Lipinski definition) is 2. The second kappa shape index (κ2) is 11.3. The van der Waals surface area contributed by atoms with Gasteiger partial charge < -0.3 is 20.1 Å². The van der Waals surface area contributed by atoms with E-state index in [0.717, 1.165) is 23.5 Å². The van der Waals surface area contributed by atoms with Crippen LogP contribution in [0, 0.1) is 13.8 Å². The fraction of sp³-hybridized carbons (Fsp3) is 0.474. The maximum atomic E-state index is 12.4. The Hall–Kier alpha value is -2.17. The monoisotopic (exact) mass is 472 g/mol. The Kier molecular flexibility index (Phi) is 9.07. The van der Waals surface area contributed by atoms with E-state index in [1.807, 2.05) is 6.92 Å². The number of halogens is 1. The highest BCUT2D eigenvalue weighted by Crippen LogP contribution is 2.34. The second-order valence-corrected chi connectivity index (χ2v) is 8.10. The molecule has 0 spiro atoms. The van der Waals surface area contributed by atoms with Crippen LogP contribution in [0.5, 0.6) is 0 Å². The van der Waals surface area contributed by atoms with Gasteiger partial charge in [-0.1, -0.05) is 11.6 Å². The van der Waals surface area contributed by atoms with Crippen LogP contribution in [0.15, 0.2) is 6.20 Å². The first-order chi connectivity index (χ1) is 14.3. The van der Waals surface area contributed by atoms with E-state index in [1.54, 1.807) is 31.6 Å². The first-order valence-electron chi connectivity index (χ1n) is 9.50. The second-order valence-electron chi connectivity index (χ2n) is 6.26. The van der Waals surface area contributed by atoms with E-state index in [1.165, 1.54) is 0 Å². The molecule has 0 unspecified atom stereocenters. The molecule has 0 radical (unpaired) electrons. The van der Waals surface area contributed by atoms with Crippen LogP contribution in [0.25, 0.3) is 0 Å². The summed E-state index contributed by atoms with van der Waals surface area (Å²) in [6, 6.07) is 0. The van der Waals surface area contributed by atoms with Gasteiger partial charge in [0.25, 0.3) is 0 Å². The number of hydrogen-bond acceptors (Lipinski definition) is 7. The Morgan fingerprint density at radius 3 is 2.50 bits per heavy atom. The molecule has 2 aromatic heterocycles. The quantitative estimate of drug-likeness (QED) is 0.322. The van der Waals surface area contributed by atoms with Crippen molar-refractivity contribution in [3.8, 4) is 0 Å². The number of thiophene rings is 1. The molecule has 2 rings (SSSR count).